The molecule has 0 aliphatic carbocycles. The van der Waals surface area contributed by atoms with Crippen LogP contribution < -0.4 is 9.47 Å². The van der Waals surface area contributed by atoms with Gasteiger partial charge in [-0.15, -0.1) is 11.3 Å². The maximum atomic E-state index is 5.91. The Labute approximate surface area is 162 Å². The molecule has 0 aliphatic heterocycles. The maximum absolute atomic E-state index is 5.91. The molecule has 0 amide bonds. The lowest BCUT2D eigenvalue weighted by Gasteiger charge is -2.11. The van der Waals surface area contributed by atoms with E-state index in [0.29, 0.717) is 6.61 Å². The number of hydrogen-bond acceptors (Lipinski definition) is 4. The van der Waals surface area contributed by atoms with Crippen LogP contribution in [0.15, 0.2) is 48.0 Å². The van der Waals surface area contributed by atoms with Gasteiger partial charge in [0, 0.05) is 13.2 Å². The third kappa shape index (κ3) is 3.45. The number of methoxy groups -OCH3 is 1. The van der Waals surface area contributed by atoms with Crippen LogP contribution in [0.2, 0.25) is 0 Å². The highest BCUT2D eigenvalue weighted by atomic mass is 32.1. The molecule has 3 heterocycles. The molecule has 0 saturated carbocycles. The summed E-state index contributed by atoms with van der Waals surface area (Å²) < 4.78 is 16.8. The van der Waals surface area contributed by atoms with Crippen LogP contribution in [0, 0.1) is 0 Å². The monoisotopic (exact) mass is 381 g/mol. The Balaban J connectivity index is 1.54. The summed E-state index contributed by atoms with van der Waals surface area (Å²) in [6, 6.07) is 12.0. The lowest BCUT2D eigenvalue weighted by molar-refractivity contribution is 0.298. The Morgan fingerprint density at radius 2 is 1.89 bits per heavy atom. The number of imidazole rings is 1. The van der Waals surface area contributed by atoms with Crippen LogP contribution in [0.5, 0.6) is 11.5 Å². The lowest BCUT2D eigenvalue weighted by Crippen LogP contribution is -2.09. The molecule has 0 unspecified atom stereocenters. The van der Waals surface area contributed by atoms with Crippen molar-refractivity contribution in [1.82, 2.24) is 14.1 Å². The van der Waals surface area contributed by atoms with Crippen molar-refractivity contribution in [2.24, 2.45) is 7.05 Å². The van der Waals surface area contributed by atoms with Gasteiger partial charge in [-0.05, 0) is 48.2 Å². The summed E-state index contributed by atoms with van der Waals surface area (Å²) in [6.45, 7) is 3.46. The van der Waals surface area contributed by atoms with Gasteiger partial charge >= 0.3 is 0 Å². The van der Waals surface area contributed by atoms with Crippen LogP contribution in [0.4, 0.5) is 0 Å². The lowest BCUT2D eigenvalue weighted by atomic mass is 10.3. The Bertz CT molecular complexity index is 1040. The van der Waals surface area contributed by atoms with Crippen molar-refractivity contribution in [3.8, 4) is 23.0 Å². The number of rotatable bonds is 7. The summed E-state index contributed by atoms with van der Waals surface area (Å²) >= 11 is 1.76. The fourth-order valence-electron chi connectivity index (χ4n) is 3.21. The van der Waals surface area contributed by atoms with Crippen molar-refractivity contribution < 1.29 is 9.47 Å². The molecule has 0 N–H and O–H groups in total. The molecule has 27 heavy (non-hydrogen) atoms. The van der Waals surface area contributed by atoms with Crippen LogP contribution in [0.25, 0.3) is 21.7 Å². The summed E-state index contributed by atoms with van der Waals surface area (Å²) in [4.78, 5) is 4.86. The van der Waals surface area contributed by atoms with E-state index in [1.54, 1.807) is 18.4 Å². The number of nitrogens with zero attached hydrogens (tertiary/aromatic N) is 3. The molecular formula is C21H23N3O2S. The van der Waals surface area contributed by atoms with Gasteiger partial charge in [0.25, 0.3) is 0 Å². The molecule has 0 radical (unpaired) electrons. The number of aryl methyl sites for hydroxylation is 2. The molecule has 0 spiro atoms. The van der Waals surface area contributed by atoms with E-state index < -0.39 is 0 Å². The summed E-state index contributed by atoms with van der Waals surface area (Å²) in [5.74, 6) is 2.67. The Kier molecular flexibility index (Phi) is 4.90. The Morgan fingerprint density at radius 3 is 2.59 bits per heavy atom. The Hall–Kier alpha value is -2.73. The zero-order valence-corrected chi connectivity index (χ0v) is 16.6. The largest absolute Gasteiger partial charge is 0.497 e. The van der Waals surface area contributed by atoms with E-state index in [-0.39, 0.29) is 0 Å². The summed E-state index contributed by atoms with van der Waals surface area (Å²) in [5.41, 5.74) is 3.48. The first kappa shape index (κ1) is 17.7. The van der Waals surface area contributed by atoms with Gasteiger partial charge in [-0.1, -0.05) is 6.92 Å². The molecule has 1 aromatic carbocycles. The van der Waals surface area contributed by atoms with Gasteiger partial charge in [0.1, 0.15) is 18.1 Å². The smallest absolute Gasteiger partial charge is 0.157 e. The minimum Gasteiger partial charge on any atom is -0.497 e. The molecule has 0 bridgehead atoms. The van der Waals surface area contributed by atoms with Gasteiger partial charge in [-0.3, -0.25) is 0 Å². The number of benzene rings is 1. The van der Waals surface area contributed by atoms with Crippen LogP contribution in [-0.2, 0) is 20.0 Å². The van der Waals surface area contributed by atoms with E-state index in [4.69, 9.17) is 14.5 Å². The van der Waals surface area contributed by atoms with Crippen molar-refractivity contribution in [2.75, 3.05) is 13.7 Å². The van der Waals surface area contributed by atoms with Crippen LogP contribution in [0.1, 0.15) is 12.6 Å². The average Bonchev–Trinajstić information content (AvgIpc) is 3.38. The second kappa shape index (κ2) is 7.48. The standard InChI is InChI=1S/C21H23N3O2S/c1-4-15-14-24(10-11-26-17-7-5-16(25-3)6-8-17)21(22-15)19-13-20-18(23(19)2)9-12-27-20/h5-9,12-14H,4,10-11H2,1-3H3. The quantitative estimate of drug-likeness (QED) is 0.464. The van der Waals surface area contributed by atoms with E-state index in [2.05, 4.69) is 46.8 Å². The zero-order chi connectivity index (χ0) is 18.8. The molecule has 0 saturated heterocycles. The Morgan fingerprint density at radius 1 is 1.11 bits per heavy atom. The van der Waals surface area contributed by atoms with Crippen LogP contribution in [0.3, 0.4) is 0 Å². The molecule has 5 nitrogen and oxygen atoms in total. The second-order valence-corrected chi connectivity index (χ2v) is 7.33. The molecule has 140 valence electrons. The number of hydrogen-bond donors (Lipinski definition) is 0. The first-order chi connectivity index (χ1) is 13.2. The van der Waals surface area contributed by atoms with Gasteiger partial charge < -0.3 is 18.6 Å². The van der Waals surface area contributed by atoms with Crippen molar-refractivity contribution in [2.45, 2.75) is 19.9 Å². The minimum absolute atomic E-state index is 0.581. The number of ether oxygens (including phenoxy) is 2. The van der Waals surface area contributed by atoms with Gasteiger partial charge in [0.05, 0.1) is 35.3 Å². The van der Waals surface area contributed by atoms with Gasteiger partial charge in [-0.25, -0.2) is 4.98 Å². The van der Waals surface area contributed by atoms with Crippen LogP contribution >= 0.6 is 11.3 Å². The van der Waals surface area contributed by atoms with Gasteiger partial charge in [-0.2, -0.15) is 0 Å². The molecular weight excluding hydrogens is 358 g/mol. The third-order valence-electron chi connectivity index (χ3n) is 4.74. The van der Waals surface area contributed by atoms with Crippen molar-refractivity contribution in [3.05, 3.63) is 53.7 Å². The zero-order valence-electron chi connectivity index (χ0n) is 15.8. The molecule has 0 atom stereocenters. The number of thiophene rings is 1. The highest BCUT2D eigenvalue weighted by Gasteiger charge is 2.15. The predicted octanol–water partition coefficient (Wildman–Crippen LogP) is 4.75. The highest BCUT2D eigenvalue weighted by molar-refractivity contribution is 7.17. The van der Waals surface area contributed by atoms with Gasteiger partial charge in [0.2, 0.25) is 0 Å². The molecule has 0 fully saturated rings. The second-order valence-electron chi connectivity index (χ2n) is 6.39. The highest BCUT2D eigenvalue weighted by Crippen LogP contribution is 2.30. The normalized spacial score (nSPS) is 11.2. The van der Waals surface area contributed by atoms with E-state index in [1.807, 2.05) is 24.3 Å². The average molecular weight is 382 g/mol. The number of fused-ring (bicyclic) bond motifs is 1. The van der Waals surface area contributed by atoms with Crippen molar-refractivity contribution in [1.29, 1.82) is 0 Å². The molecule has 4 rings (SSSR count). The van der Waals surface area contributed by atoms with E-state index >= 15 is 0 Å². The minimum atomic E-state index is 0.581. The predicted molar refractivity (Wildman–Crippen MR) is 110 cm³/mol. The maximum Gasteiger partial charge on any atom is 0.157 e. The van der Waals surface area contributed by atoms with Crippen molar-refractivity contribution in [3.63, 3.8) is 0 Å². The van der Waals surface area contributed by atoms with Crippen molar-refractivity contribution >= 4 is 21.6 Å². The fourth-order valence-corrected chi connectivity index (χ4v) is 4.06. The van der Waals surface area contributed by atoms with Gasteiger partial charge in [0.15, 0.2) is 5.82 Å². The fraction of sp³-hybridized carbons (Fsp3) is 0.286. The summed E-state index contributed by atoms with van der Waals surface area (Å²) in [6.07, 6.45) is 3.05. The van der Waals surface area contributed by atoms with Crippen LogP contribution in [-0.4, -0.2) is 27.8 Å². The third-order valence-corrected chi connectivity index (χ3v) is 5.60. The van der Waals surface area contributed by atoms with E-state index in [1.165, 1.54) is 10.2 Å². The topological polar surface area (TPSA) is 41.2 Å². The molecule has 0 aliphatic rings. The number of aromatic nitrogens is 3. The van der Waals surface area contributed by atoms with E-state index in [9.17, 15) is 0 Å². The SMILES string of the molecule is CCc1cn(CCOc2ccc(OC)cc2)c(-c2cc3sccc3n2C)n1. The molecule has 6 heteroatoms. The van der Waals surface area contributed by atoms with E-state index in [0.717, 1.165) is 41.7 Å². The molecule has 3 aromatic heterocycles. The summed E-state index contributed by atoms with van der Waals surface area (Å²) in [5, 5.41) is 2.13. The summed E-state index contributed by atoms with van der Waals surface area (Å²) in [7, 11) is 3.76. The molecule has 4 aromatic rings. The first-order valence-corrected chi connectivity index (χ1v) is 9.93. The first-order valence-electron chi connectivity index (χ1n) is 9.05.